The lowest BCUT2D eigenvalue weighted by atomic mass is 10.2. The fourth-order valence-corrected chi connectivity index (χ4v) is 5.12. The van der Waals surface area contributed by atoms with Gasteiger partial charge in [0, 0.05) is 24.3 Å². The van der Waals surface area contributed by atoms with Crippen molar-refractivity contribution in [1.82, 2.24) is 0 Å². The zero-order chi connectivity index (χ0) is 23.4. The van der Waals surface area contributed by atoms with Crippen LogP contribution in [0.1, 0.15) is 28.8 Å². The normalized spacial score (nSPS) is 13.6. The van der Waals surface area contributed by atoms with Crippen LogP contribution in [0, 0.1) is 6.92 Å². The molecule has 1 saturated heterocycles. The van der Waals surface area contributed by atoms with Crippen molar-refractivity contribution in [2.75, 3.05) is 35.1 Å². The van der Waals surface area contributed by atoms with Crippen LogP contribution in [-0.2, 0) is 10.0 Å². The molecule has 0 aliphatic carbocycles. The third-order valence-corrected chi connectivity index (χ3v) is 7.02. The summed E-state index contributed by atoms with van der Waals surface area (Å²) >= 11 is 0. The molecule has 0 saturated carbocycles. The van der Waals surface area contributed by atoms with Crippen LogP contribution in [0.2, 0.25) is 0 Å². The fraction of sp³-hybridized carbons (Fsp3) is 0.240. The van der Waals surface area contributed by atoms with Crippen molar-refractivity contribution in [2.24, 2.45) is 0 Å². The predicted molar refractivity (Wildman–Crippen MR) is 131 cm³/mol. The Morgan fingerprint density at radius 1 is 0.970 bits per heavy atom. The van der Waals surface area contributed by atoms with E-state index in [0.717, 1.165) is 37.2 Å². The Bertz CT molecular complexity index is 1250. The van der Waals surface area contributed by atoms with Gasteiger partial charge in [0.25, 0.3) is 15.9 Å². The van der Waals surface area contributed by atoms with Gasteiger partial charge in [-0.2, -0.15) is 0 Å². The summed E-state index contributed by atoms with van der Waals surface area (Å²) in [5.74, 6) is -0.236. The Morgan fingerprint density at radius 3 is 2.36 bits per heavy atom. The highest BCUT2D eigenvalue weighted by Crippen LogP contribution is 2.31. The maximum atomic E-state index is 13.1. The minimum atomic E-state index is -3.98. The average molecular weight is 466 g/mol. The van der Waals surface area contributed by atoms with Crippen LogP contribution in [0.25, 0.3) is 0 Å². The second-order valence-electron chi connectivity index (χ2n) is 8.00. The summed E-state index contributed by atoms with van der Waals surface area (Å²) in [6.07, 6.45) is 2.24. The highest BCUT2D eigenvalue weighted by Gasteiger charge is 2.23. The summed E-state index contributed by atoms with van der Waals surface area (Å²) in [5, 5.41) is 2.94. The number of aryl methyl sites for hydroxylation is 1. The molecule has 0 atom stereocenters. The first-order valence-electron chi connectivity index (χ1n) is 10.8. The minimum absolute atomic E-state index is 0.106. The lowest BCUT2D eigenvalue weighted by molar-refractivity contribution is 0.102. The molecule has 0 spiro atoms. The first-order valence-corrected chi connectivity index (χ1v) is 12.3. The molecule has 3 aromatic rings. The molecule has 0 bridgehead atoms. The van der Waals surface area contributed by atoms with Crippen LogP contribution in [0.5, 0.6) is 5.75 Å². The van der Waals surface area contributed by atoms with E-state index in [1.165, 1.54) is 19.2 Å². The van der Waals surface area contributed by atoms with Gasteiger partial charge in [-0.05, 0) is 62.2 Å². The summed E-state index contributed by atoms with van der Waals surface area (Å²) in [4.78, 5) is 15.2. The van der Waals surface area contributed by atoms with Gasteiger partial charge in [-0.1, -0.05) is 29.8 Å². The number of rotatable bonds is 7. The molecular weight excluding hydrogens is 438 g/mol. The van der Waals surface area contributed by atoms with E-state index in [-0.39, 0.29) is 16.2 Å². The average Bonchev–Trinajstić information content (AvgIpc) is 3.35. The third-order valence-electron chi connectivity index (χ3n) is 5.62. The van der Waals surface area contributed by atoms with Gasteiger partial charge in [-0.15, -0.1) is 0 Å². The minimum Gasteiger partial charge on any atom is -0.495 e. The number of methoxy groups -OCH3 is 1. The van der Waals surface area contributed by atoms with E-state index < -0.39 is 15.9 Å². The van der Waals surface area contributed by atoms with Gasteiger partial charge in [0.15, 0.2) is 0 Å². The van der Waals surface area contributed by atoms with Gasteiger partial charge in [-0.3, -0.25) is 9.52 Å². The molecule has 1 fully saturated rings. The number of para-hydroxylation sites is 2. The number of benzene rings is 3. The Kier molecular flexibility index (Phi) is 6.55. The summed E-state index contributed by atoms with van der Waals surface area (Å²) in [6, 6.07) is 19.0. The molecule has 33 heavy (non-hydrogen) atoms. The van der Waals surface area contributed by atoms with Crippen molar-refractivity contribution < 1.29 is 17.9 Å². The van der Waals surface area contributed by atoms with Crippen LogP contribution >= 0.6 is 0 Å². The SMILES string of the molecule is COc1ccc(C(=O)Nc2ccccc2N2CCCC2)cc1S(=O)(=O)Nc1ccc(C)cc1. The summed E-state index contributed by atoms with van der Waals surface area (Å²) in [5.41, 5.74) is 3.32. The van der Waals surface area contributed by atoms with E-state index in [1.54, 1.807) is 18.2 Å². The maximum absolute atomic E-state index is 13.1. The monoisotopic (exact) mass is 465 g/mol. The number of ether oxygens (including phenoxy) is 1. The molecule has 1 amide bonds. The smallest absolute Gasteiger partial charge is 0.265 e. The fourth-order valence-electron chi connectivity index (χ4n) is 3.87. The van der Waals surface area contributed by atoms with Gasteiger partial charge < -0.3 is 15.0 Å². The molecule has 1 aliphatic heterocycles. The van der Waals surface area contributed by atoms with Crippen LogP contribution in [0.4, 0.5) is 17.1 Å². The van der Waals surface area contributed by atoms with Crippen LogP contribution in [0.3, 0.4) is 0 Å². The maximum Gasteiger partial charge on any atom is 0.265 e. The van der Waals surface area contributed by atoms with E-state index in [1.807, 2.05) is 43.3 Å². The standard InChI is InChI=1S/C25H27N3O4S/c1-18-9-12-20(13-10-18)27-33(30,31)24-17-19(11-14-23(24)32-2)25(29)26-21-7-3-4-8-22(21)28-15-5-6-16-28/h3-4,7-14,17,27H,5-6,15-16H2,1-2H3,(H,26,29). The molecule has 0 aromatic heterocycles. The van der Waals surface area contributed by atoms with E-state index in [0.29, 0.717) is 11.4 Å². The van der Waals surface area contributed by atoms with Gasteiger partial charge in [0.1, 0.15) is 10.6 Å². The summed E-state index contributed by atoms with van der Waals surface area (Å²) in [7, 11) is -2.59. The molecule has 3 aromatic carbocycles. The van der Waals surface area contributed by atoms with Crippen LogP contribution < -0.4 is 19.7 Å². The zero-order valence-corrected chi connectivity index (χ0v) is 19.5. The van der Waals surface area contributed by atoms with Crippen molar-refractivity contribution in [3.63, 3.8) is 0 Å². The molecule has 0 radical (unpaired) electrons. The number of hydrogen-bond acceptors (Lipinski definition) is 5. The topological polar surface area (TPSA) is 87.7 Å². The summed E-state index contributed by atoms with van der Waals surface area (Å²) in [6.45, 7) is 3.82. The largest absolute Gasteiger partial charge is 0.495 e. The van der Waals surface area contributed by atoms with Gasteiger partial charge in [0.05, 0.1) is 18.5 Å². The molecule has 0 unspecified atom stereocenters. The first kappa shape index (κ1) is 22.7. The molecule has 172 valence electrons. The Morgan fingerprint density at radius 2 is 1.67 bits per heavy atom. The quantitative estimate of drug-likeness (QED) is 0.530. The lowest BCUT2D eigenvalue weighted by Gasteiger charge is -2.21. The number of carbonyl (C=O) groups is 1. The second kappa shape index (κ2) is 9.54. The van der Waals surface area contributed by atoms with Crippen molar-refractivity contribution >= 4 is 33.0 Å². The number of anilines is 3. The number of sulfonamides is 1. The Balaban J connectivity index is 1.61. The van der Waals surface area contributed by atoms with Crippen molar-refractivity contribution in [3.8, 4) is 5.75 Å². The van der Waals surface area contributed by atoms with Gasteiger partial charge >= 0.3 is 0 Å². The number of nitrogens with one attached hydrogen (secondary N) is 2. The van der Waals surface area contributed by atoms with Gasteiger partial charge in [0.2, 0.25) is 0 Å². The Labute approximate surface area is 194 Å². The van der Waals surface area contributed by atoms with Crippen molar-refractivity contribution in [2.45, 2.75) is 24.7 Å². The third kappa shape index (κ3) is 5.12. The van der Waals surface area contributed by atoms with Crippen LogP contribution in [0.15, 0.2) is 71.6 Å². The second-order valence-corrected chi connectivity index (χ2v) is 9.65. The molecule has 1 aliphatic rings. The van der Waals surface area contributed by atoms with Crippen molar-refractivity contribution in [1.29, 1.82) is 0 Å². The van der Waals surface area contributed by atoms with Gasteiger partial charge in [-0.25, -0.2) is 8.42 Å². The lowest BCUT2D eigenvalue weighted by Crippen LogP contribution is -2.21. The summed E-state index contributed by atoms with van der Waals surface area (Å²) < 4.78 is 34.0. The van der Waals surface area contributed by atoms with E-state index >= 15 is 0 Å². The highest BCUT2D eigenvalue weighted by molar-refractivity contribution is 7.92. The van der Waals surface area contributed by atoms with Crippen LogP contribution in [-0.4, -0.2) is 34.5 Å². The predicted octanol–water partition coefficient (Wildman–Crippen LogP) is 4.66. The molecule has 8 heteroatoms. The number of nitrogens with zero attached hydrogens (tertiary/aromatic N) is 1. The first-order chi connectivity index (χ1) is 15.9. The highest BCUT2D eigenvalue weighted by atomic mass is 32.2. The number of carbonyl (C=O) groups excluding carboxylic acids is 1. The molecular formula is C25H27N3O4S. The van der Waals surface area contributed by atoms with E-state index in [4.69, 9.17) is 4.74 Å². The zero-order valence-electron chi connectivity index (χ0n) is 18.7. The Hall–Kier alpha value is -3.52. The molecule has 7 nitrogen and oxygen atoms in total. The molecule has 4 rings (SSSR count). The van der Waals surface area contributed by atoms with E-state index in [2.05, 4.69) is 14.9 Å². The molecule has 1 heterocycles. The number of amides is 1. The van der Waals surface area contributed by atoms with Crippen molar-refractivity contribution in [3.05, 3.63) is 77.9 Å². The molecule has 2 N–H and O–H groups in total. The number of hydrogen-bond donors (Lipinski definition) is 2. The van der Waals surface area contributed by atoms with E-state index in [9.17, 15) is 13.2 Å².